The van der Waals surface area contributed by atoms with Gasteiger partial charge in [-0.15, -0.1) is 0 Å². The first-order valence-electron chi connectivity index (χ1n) is 8.62. The Morgan fingerprint density at radius 2 is 1.96 bits per heavy atom. The van der Waals surface area contributed by atoms with Crippen molar-refractivity contribution in [3.05, 3.63) is 16.9 Å². The Balaban J connectivity index is 1.98. The molecule has 0 aliphatic carbocycles. The van der Waals surface area contributed by atoms with E-state index in [1.807, 2.05) is 20.8 Å². The monoisotopic (exact) mass is 348 g/mol. The standard InChI is InChI=1S/C18H28N4O3/c1-12-14(3)25-17(15(12)10-19)20-16(24)13(2)21-6-8-22(9-7-21)18(4,5)11-23/h13,23H,6-9,11H2,1-5H3,(H,20,24). The van der Waals surface area contributed by atoms with Gasteiger partial charge in [-0.1, -0.05) is 0 Å². The van der Waals surface area contributed by atoms with Gasteiger partial charge in [0.2, 0.25) is 11.8 Å². The molecular formula is C18H28N4O3. The van der Waals surface area contributed by atoms with Gasteiger partial charge in [0.1, 0.15) is 17.4 Å². The summed E-state index contributed by atoms with van der Waals surface area (Å²) in [6.45, 7) is 12.7. The first-order chi connectivity index (χ1) is 11.7. The van der Waals surface area contributed by atoms with Gasteiger partial charge in [0.15, 0.2) is 0 Å². The molecule has 1 aromatic heterocycles. The number of carbonyl (C=O) groups is 1. The van der Waals surface area contributed by atoms with Crippen LogP contribution in [-0.2, 0) is 4.79 Å². The molecule has 0 bridgehead atoms. The first kappa shape index (κ1) is 19.4. The first-order valence-corrected chi connectivity index (χ1v) is 8.62. The number of hydrogen-bond acceptors (Lipinski definition) is 6. The molecule has 0 saturated carbocycles. The molecule has 1 aromatic rings. The number of aliphatic hydroxyl groups is 1. The molecule has 2 rings (SSSR count). The lowest BCUT2D eigenvalue weighted by molar-refractivity contribution is -0.122. The topological polar surface area (TPSA) is 92.7 Å². The summed E-state index contributed by atoms with van der Waals surface area (Å²) in [7, 11) is 0. The third-order valence-electron chi connectivity index (χ3n) is 5.22. The predicted octanol–water partition coefficient (Wildman–Crippen LogP) is 1.48. The molecule has 0 spiro atoms. The van der Waals surface area contributed by atoms with Crippen LogP contribution in [0.15, 0.2) is 4.42 Å². The van der Waals surface area contributed by atoms with E-state index in [2.05, 4.69) is 21.2 Å². The summed E-state index contributed by atoms with van der Waals surface area (Å²) in [5.74, 6) is 0.689. The average molecular weight is 348 g/mol. The van der Waals surface area contributed by atoms with Crippen molar-refractivity contribution in [2.75, 3.05) is 38.1 Å². The van der Waals surface area contributed by atoms with E-state index in [4.69, 9.17) is 4.42 Å². The summed E-state index contributed by atoms with van der Waals surface area (Å²) in [5, 5.41) is 21.5. The highest BCUT2D eigenvalue weighted by Crippen LogP contribution is 2.26. The molecule has 1 fully saturated rings. The van der Waals surface area contributed by atoms with Gasteiger partial charge in [0.05, 0.1) is 12.6 Å². The molecule has 1 amide bonds. The fourth-order valence-corrected chi connectivity index (χ4v) is 3.05. The molecule has 1 saturated heterocycles. The highest BCUT2D eigenvalue weighted by Gasteiger charge is 2.32. The van der Waals surface area contributed by atoms with E-state index in [9.17, 15) is 15.2 Å². The van der Waals surface area contributed by atoms with Crippen LogP contribution < -0.4 is 5.32 Å². The van der Waals surface area contributed by atoms with Crippen LogP contribution in [-0.4, -0.2) is 65.2 Å². The van der Waals surface area contributed by atoms with Gasteiger partial charge in [-0.25, -0.2) is 0 Å². The predicted molar refractivity (Wildman–Crippen MR) is 95.3 cm³/mol. The van der Waals surface area contributed by atoms with E-state index in [1.165, 1.54) is 0 Å². The molecule has 2 N–H and O–H groups in total. The zero-order valence-corrected chi connectivity index (χ0v) is 15.7. The smallest absolute Gasteiger partial charge is 0.243 e. The summed E-state index contributed by atoms with van der Waals surface area (Å²) in [6.07, 6.45) is 0. The van der Waals surface area contributed by atoms with Crippen LogP contribution in [0.3, 0.4) is 0 Å². The Hall–Kier alpha value is -1.88. The van der Waals surface area contributed by atoms with Gasteiger partial charge in [0, 0.05) is 37.3 Å². The number of amides is 1. The summed E-state index contributed by atoms with van der Waals surface area (Å²) in [5.41, 5.74) is 0.889. The van der Waals surface area contributed by atoms with Crippen molar-refractivity contribution < 1.29 is 14.3 Å². The molecule has 1 unspecified atom stereocenters. The SMILES string of the molecule is Cc1oc(NC(=O)C(C)N2CCN(C(C)(C)CO)CC2)c(C#N)c1C. The van der Waals surface area contributed by atoms with E-state index in [-0.39, 0.29) is 30.0 Å². The summed E-state index contributed by atoms with van der Waals surface area (Å²) < 4.78 is 5.51. The number of aryl methyl sites for hydroxylation is 1. The average Bonchev–Trinajstić information content (AvgIpc) is 2.87. The Kier molecular flexibility index (Phi) is 5.88. The summed E-state index contributed by atoms with van der Waals surface area (Å²) in [4.78, 5) is 16.9. The van der Waals surface area contributed by atoms with Crippen LogP contribution in [0.4, 0.5) is 5.88 Å². The molecule has 2 heterocycles. The molecule has 25 heavy (non-hydrogen) atoms. The third kappa shape index (κ3) is 4.03. The van der Waals surface area contributed by atoms with E-state index in [1.54, 1.807) is 13.8 Å². The second-order valence-electron chi connectivity index (χ2n) is 7.26. The number of aliphatic hydroxyl groups excluding tert-OH is 1. The van der Waals surface area contributed by atoms with Crippen molar-refractivity contribution in [2.45, 2.75) is 46.2 Å². The molecule has 0 aromatic carbocycles. The largest absolute Gasteiger partial charge is 0.444 e. The fraction of sp³-hybridized carbons (Fsp3) is 0.667. The molecule has 1 aliphatic heterocycles. The highest BCUT2D eigenvalue weighted by molar-refractivity contribution is 5.94. The molecule has 7 heteroatoms. The number of nitrogens with one attached hydrogen (secondary N) is 1. The van der Waals surface area contributed by atoms with Gasteiger partial charge >= 0.3 is 0 Å². The zero-order valence-electron chi connectivity index (χ0n) is 15.7. The van der Waals surface area contributed by atoms with Crippen molar-refractivity contribution in [3.8, 4) is 6.07 Å². The maximum Gasteiger partial charge on any atom is 0.243 e. The van der Waals surface area contributed by atoms with Gasteiger partial charge < -0.3 is 9.52 Å². The third-order valence-corrected chi connectivity index (χ3v) is 5.22. The number of furan rings is 1. The number of carbonyl (C=O) groups excluding carboxylic acids is 1. The van der Waals surface area contributed by atoms with Crippen molar-refractivity contribution >= 4 is 11.8 Å². The Bertz CT molecular complexity index is 667. The van der Waals surface area contributed by atoms with Gasteiger partial charge in [-0.2, -0.15) is 5.26 Å². The van der Waals surface area contributed by atoms with Crippen LogP contribution in [0, 0.1) is 25.2 Å². The second kappa shape index (κ2) is 7.56. The van der Waals surface area contributed by atoms with E-state index >= 15 is 0 Å². The number of piperazine rings is 1. The second-order valence-corrected chi connectivity index (χ2v) is 7.26. The van der Waals surface area contributed by atoms with Crippen molar-refractivity contribution in [1.82, 2.24) is 9.80 Å². The van der Waals surface area contributed by atoms with Gasteiger partial charge in [-0.05, 0) is 34.6 Å². The summed E-state index contributed by atoms with van der Waals surface area (Å²) >= 11 is 0. The molecule has 0 radical (unpaired) electrons. The molecule has 138 valence electrons. The molecule has 7 nitrogen and oxygen atoms in total. The number of rotatable bonds is 5. The maximum atomic E-state index is 12.6. The van der Waals surface area contributed by atoms with Gasteiger partial charge in [-0.3, -0.25) is 19.9 Å². The molecule has 1 aliphatic rings. The van der Waals surface area contributed by atoms with Crippen LogP contribution in [0.5, 0.6) is 0 Å². The number of nitriles is 1. The van der Waals surface area contributed by atoms with Crippen LogP contribution >= 0.6 is 0 Å². The zero-order chi connectivity index (χ0) is 18.8. The minimum Gasteiger partial charge on any atom is -0.444 e. The lowest BCUT2D eigenvalue weighted by Crippen LogP contribution is -2.58. The van der Waals surface area contributed by atoms with Crippen LogP contribution in [0.2, 0.25) is 0 Å². The van der Waals surface area contributed by atoms with E-state index in [0.29, 0.717) is 11.3 Å². The fourth-order valence-electron chi connectivity index (χ4n) is 3.05. The van der Waals surface area contributed by atoms with Crippen molar-refractivity contribution in [3.63, 3.8) is 0 Å². The quantitative estimate of drug-likeness (QED) is 0.837. The van der Waals surface area contributed by atoms with E-state index < -0.39 is 0 Å². The number of nitrogens with zero attached hydrogens (tertiary/aromatic N) is 3. The van der Waals surface area contributed by atoms with Crippen LogP contribution in [0.1, 0.15) is 37.7 Å². The lowest BCUT2D eigenvalue weighted by Gasteiger charge is -2.44. The maximum absolute atomic E-state index is 12.6. The molecular weight excluding hydrogens is 320 g/mol. The molecule has 1 atom stereocenters. The lowest BCUT2D eigenvalue weighted by atomic mass is 10.0. The van der Waals surface area contributed by atoms with Crippen LogP contribution in [0.25, 0.3) is 0 Å². The Labute approximate surface area is 149 Å². The number of anilines is 1. The summed E-state index contributed by atoms with van der Waals surface area (Å²) in [6, 6.07) is 1.76. The highest BCUT2D eigenvalue weighted by atomic mass is 16.4. The Morgan fingerprint density at radius 1 is 1.36 bits per heavy atom. The Morgan fingerprint density at radius 3 is 2.48 bits per heavy atom. The van der Waals surface area contributed by atoms with Crippen molar-refractivity contribution in [2.24, 2.45) is 0 Å². The minimum atomic E-state index is -0.323. The van der Waals surface area contributed by atoms with Crippen molar-refractivity contribution in [1.29, 1.82) is 5.26 Å². The minimum absolute atomic E-state index is 0.108. The number of hydrogen-bond donors (Lipinski definition) is 2. The van der Waals surface area contributed by atoms with E-state index in [0.717, 1.165) is 31.7 Å². The van der Waals surface area contributed by atoms with Gasteiger partial charge in [0.25, 0.3) is 0 Å². The normalized spacial score (nSPS) is 18.0.